The summed E-state index contributed by atoms with van der Waals surface area (Å²) in [7, 11) is -1.19. The van der Waals surface area contributed by atoms with Crippen molar-refractivity contribution >= 4 is 16.8 Å². The lowest BCUT2D eigenvalue weighted by Gasteiger charge is -2.10. The highest BCUT2D eigenvalue weighted by Gasteiger charge is 2.22. The average Bonchev–Trinajstić information content (AvgIpc) is 2.13. The van der Waals surface area contributed by atoms with Crippen LogP contribution >= 0.6 is 0 Å². The Balaban J connectivity index is 3.96. The fourth-order valence-corrected chi connectivity index (χ4v) is 2.76. The molecule has 0 spiro atoms. The summed E-state index contributed by atoms with van der Waals surface area (Å²) in [6.45, 7) is 3.99. The van der Waals surface area contributed by atoms with E-state index < -0.39 is 22.0 Å². The van der Waals surface area contributed by atoms with Gasteiger partial charge in [0.2, 0.25) is 0 Å². The number of carboxylic acids is 1. The van der Waals surface area contributed by atoms with Crippen LogP contribution in [0.4, 0.5) is 0 Å². The van der Waals surface area contributed by atoms with E-state index in [1.165, 1.54) is 0 Å². The molecule has 0 aromatic rings. The highest BCUT2D eigenvalue weighted by Crippen LogP contribution is 2.08. The second kappa shape index (κ2) is 7.97. The lowest BCUT2D eigenvalue weighted by atomic mass is 10.2. The number of carboxylic acid groups (broad SMARTS) is 1. The molecule has 0 aliphatic heterocycles. The molecule has 0 radical (unpaired) electrons. The van der Waals surface area contributed by atoms with Crippen LogP contribution in [0.3, 0.4) is 0 Å². The Hall–Kier alpha value is -0.380. The van der Waals surface area contributed by atoms with Crippen molar-refractivity contribution in [3.05, 3.63) is 0 Å². The van der Waals surface area contributed by atoms with E-state index in [9.17, 15) is 9.00 Å². The molecule has 2 atom stereocenters. The van der Waals surface area contributed by atoms with Crippen LogP contribution in [0.25, 0.3) is 0 Å². The molecule has 0 saturated carbocycles. The number of carbonyl (C=O) groups is 1. The van der Waals surface area contributed by atoms with Gasteiger partial charge in [-0.05, 0) is 12.8 Å². The van der Waals surface area contributed by atoms with Gasteiger partial charge in [-0.25, -0.2) is 0 Å². The van der Waals surface area contributed by atoms with Gasteiger partial charge in [-0.15, -0.1) is 0 Å². The Bertz CT molecular complexity index is 192. The third-order valence-corrected chi connectivity index (χ3v) is 3.86. The zero-order valence-corrected chi connectivity index (χ0v) is 9.81. The standard InChI is InChI=1S/C10H20O3S/c1-3-5-6-8-14(13)9(7-4-2)10(11)12/h9H,3-8H2,1-2H3,(H,11,12). The fourth-order valence-electron chi connectivity index (χ4n) is 1.27. The van der Waals surface area contributed by atoms with Crippen LogP contribution in [0.5, 0.6) is 0 Å². The van der Waals surface area contributed by atoms with E-state index in [0.29, 0.717) is 12.2 Å². The van der Waals surface area contributed by atoms with Crippen molar-refractivity contribution in [2.24, 2.45) is 0 Å². The molecule has 0 rings (SSSR count). The van der Waals surface area contributed by atoms with Crippen LogP contribution in [-0.4, -0.2) is 26.3 Å². The highest BCUT2D eigenvalue weighted by atomic mass is 32.2. The molecule has 14 heavy (non-hydrogen) atoms. The summed E-state index contributed by atoms with van der Waals surface area (Å²) in [5, 5.41) is 8.18. The maximum absolute atomic E-state index is 11.6. The predicted molar refractivity (Wildman–Crippen MR) is 58.9 cm³/mol. The molecule has 84 valence electrons. The van der Waals surface area contributed by atoms with Crippen LogP contribution in [0.15, 0.2) is 0 Å². The van der Waals surface area contributed by atoms with Gasteiger partial charge in [0.25, 0.3) is 0 Å². The summed E-state index contributed by atoms with van der Waals surface area (Å²) >= 11 is 0. The number of hydrogen-bond donors (Lipinski definition) is 1. The molecule has 0 saturated heterocycles. The van der Waals surface area contributed by atoms with Crippen molar-refractivity contribution in [1.82, 2.24) is 0 Å². The van der Waals surface area contributed by atoms with Crippen molar-refractivity contribution in [1.29, 1.82) is 0 Å². The Labute approximate surface area is 88.4 Å². The topological polar surface area (TPSA) is 54.4 Å². The summed E-state index contributed by atoms with van der Waals surface area (Å²) in [5.41, 5.74) is 0. The summed E-state index contributed by atoms with van der Waals surface area (Å²) in [5.74, 6) is -0.383. The first-order valence-corrected chi connectivity index (χ1v) is 6.61. The van der Waals surface area contributed by atoms with E-state index in [4.69, 9.17) is 5.11 Å². The highest BCUT2D eigenvalue weighted by molar-refractivity contribution is 7.86. The van der Waals surface area contributed by atoms with Gasteiger partial charge in [0, 0.05) is 16.6 Å². The third-order valence-electron chi connectivity index (χ3n) is 2.09. The lowest BCUT2D eigenvalue weighted by molar-refractivity contribution is -0.136. The minimum absolute atomic E-state index is 0.522. The van der Waals surface area contributed by atoms with Crippen LogP contribution < -0.4 is 0 Å². The van der Waals surface area contributed by atoms with Crippen LogP contribution in [0.2, 0.25) is 0 Å². The number of hydrogen-bond acceptors (Lipinski definition) is 2. The molecule has 0 heterocycles. The molecule has 0 amide bonds. The van der Waals surface area contributed by atoms with Gasteiger partial charge in [0.15, 0.2) is 0 Å². The molecule has 2 unspecified atom stereocenters. The van der Waals surface area contributed by atoms with Gasteiger partial charge in [-0.2, -0.15) is 0 Å². The zero-order chi connectivity index (χ0) is 11.0. The second-order valence-electron chi connectivity index (χ2n) is 3.41. The normalized spacial score (nSPS) is 15.0. The van der Waals surface area contributed by atoms with Crippen molar-refractivity contribution < 1.29 is 14.1 Å². The average molecular weight is 220 g/mol. The SMILES string of the molecule is CCCCCS(=O)C(CCC)C(=O)O. The monoisotopic (exact) mass is 220 g/mol. The second-order valence-corrected chi connectivity index (χ2v) is 5.15. The quantitative estimate of drug-likeness (QED) is 0.638. The summed E-state index contributed by atoms with van der Waals surface area (Å²) in [6.07, 6.45) is 4.27. The van der Waals surface area contributed by atoms with Crippen molar-refractivity contribution in [3.63, 3.8) is 0 Å². The van der Waals surface area contributed by atoms with Gasteiger partial charge in [-0.3, -0.25) is 9.00 Å². The molecular weight excluding hydrogens is 200 g/mol. The Morgan fingerprint density at radius 3 is 2.36 bits per heavy atom. The van der Waals surface area contributed by atoms with Gasteiger partial charge in [0.05, 0.1) is 0 Å². The largest absolute Gasteiger partial charge is 0.480 e. The molecule has 0 bridgehead atoms. The minimum atomic E-state index is -1.19. The molecule has 0 aliphatic rings. The maximum Gasteiger partial charge on any atom is 0.319 e. The van der Waals surface area contributed by atoms with Crippen molar-refractivity contribution in [2.75, 3.05) is 5.75 Å². The first-order valence-electron chi connectivity index (χ1n) is 5.23. The summed E-state index contributed by atoms with van der Waals surface area (Å²) in [6, 6.07) is 0. The number of aliphatic carboxylic acids is 1. The number of unbranched alkanes of at least 4 members (excludes halogenated alkanes) is 2. The van der Waals surface area contributed by atoms with Crippen LogP contribution in [0.1, 0.15) is 46.0 Å². The van der Waals surface area contributed by atoms with E-state index in [1.807, 2.05) is 6.92 Å². The van der Waals surface area contributed by atoms with E-state index in [1.54, 1.807) is 0 Å². The van der Waals surface area contributed by atoms with E-state index in [2.05, 4.69) is 6.92 Å². The third kappa shape index (κ3) is 5.37. The van der Waals surface area contributed by atoms with E-state index in [0.717, 1.165) is 25.7 Å². The Morgan fingerprint density at radius 2 is 1.93 bits per heavy atom. The van der Waals surface area contributed by atoms with Gasteiger partial charge < -0.3 is 5.11 Å². The van der Waals surface area contributed by atoms with E-state index in [-0.39, 0.29) is 0 Å². The van der Waals surface area contributed by atoms with Crippen molar-refractivity contribution in [3.8, 4) is 0 Å². The summed E-state index contributed by atoms with van der Waals surface area (Å²) < 4.78 is 11.6. The lowest BCUT2D eigenvalue weighted by Crippen LogP contribution is -2.27. The first kappa shape index (κ1) is 13.6. The smallest absolute Gasteiger partial charge is 0.319 e. The molecule has 3 nitrogen and oxygen atoms in total. The molecule has 4 heteroatoms. The van der Waals surface area contributed by atoms with Crippen LogP contribution in [0, 0.1) is 0 Å². The maximum atomic E-state index is 11.6. The molecule has 0 fully saturated rings. The zero-order valence-electron chi connectivity index (χ0n) is 8.99. The fraction of sp³-hybridized carbons (Fsp3) is 0.900. The molecule has 0 aromatic carbocycles. The summed E-state index contributed by atoms with van der Waals surface area (Å²) in [4.78, 5) is 10.8. The first-order chi connectivity index (χ1) is 6.63. The van der Waals surface area contributed by atoms with E-state index >= 15 is 0 Å². The van der Waals surface area contributed by atoms with Gasteiger partial charge in [-0.1, -0.05) is 33.1 Å². The molecular formula is C10H20O3S. The van der Waals surface area contributed by atoms with Gasteiger partial charge >= 0.3 is 5.97 Å². The van der Waals surface area contributed by atoms with Crippen LogP contribution in [-0.2, 0) is 15.6 Å². The number of rotatable bonds is 8. The molecule has 1 N–H and O–H groups in total. The predicted octanol–water partition coefficient (Wildman–Crippen LogP) is 2.18. The Morgan fingerprint density at radius 1 is 1.29 bits per heavy atom. The molecule has 0 aliphatic carbocycles. The minimum Gasteiger partial charge on any atom is -0.480 e. The van der Waals surface area contributed by atoms with Crippen molar-refractivity contribution in [2.45, 2.75) is 51.2 Å². The van der Waals surface area contributed by atoms with Gasteiger partial charge in [0.1, 0.15) is 5.25 Å². The molecule has 0 aromatic heterocycles. The Kier molecular flexibility index (Phi) is 7.76.